The molecule has 2 atom stereocenters. The number of unbranched alkanes of at least 4 members (excludes halogenated alkanes) is 1. The van der Waals surface area contributed by atoms with Gasteiger partial charge in [0.25, 0.3) is 0 Å². The van der Waals surface area contributed by atoms with E-state index in [1.54, 1.807) is 0 Å². The summed E-state index contributed by atoms with van der Waals surface area (Å²) in [6, 6.07) is 0. The molecule has 0 spiro atoms. The number of carbonyl (C=O) groups is 3. The van der Waals surface area contributed by atoms with E-state index < -0.39 is 30.5 Å². The minimum absolute atomic E-state index is 0.0689. The second kappa shape index (κ2) is 12.9. The van der Waals surface area contributed by atoms with E-state index in [1.807, 2.05) is 6.92 Å². The van der Waals surface area contributed by atoms with E-state index >= 15 is 0 Å². The molecule has 0 aliphatic carbocycles. The SMILES string of the molecule is C=C(C)C(=O)OC(O)(CO)OC(=O)/C(C)=C/C(=C)C(=O)OCC(CC)CCCC. The number of hydrogen-bond acceptors (Lipinski definition) is 8. The molecule has 164 valence electrons. The van der Waals surface area contributed by atoms with Gasteiger partial charge in [0, 0.05) is 11.1 Å². The summed E-state index contributed by atoms with van der Waals surface area (Å²) in [5, 5.41) is 19.1. The van der Waals surface area contributed by atoms with E-state index in [2.05, 4.69) is 29.6 Å². The van der Waals surface area contributed by atoms with Crippen LogP contribution in [-0.4, -0.2) is 47.3 Å². The monoisotopic (exact) mass is 412 g/mol. The molecule has 0 heterocycles. The van der Waals surface area contributed by atoms with Crippen LogP contribution in [0.2, 0.25) is 0 Å². The van der Waals surface area contributed by atoms with Gasteiger partial charge in [0.2, 0.25) is 0 Å². The molecule has 0 aliphatic rings. The zero-order valence-electron chi connectivity index (χ0n) is 17.7. The quantitative estimate of drug-likeness (QED) is 0.205. The number of aliphatic hydroxyl groups excluding tert-OH is 1. The van der Waals surface area contributed by atoms with Crippen molar-refractivity contribution in [3.63, 3.8) is 0 Å². The molecule has 8 nitrogen and oxygen atoms in total. The number of aliphatic hydroxyl groups is 2. The second-order valence-corrected chi connectivity index (χ2v) is 6.80. The fourth-order valence-corrected chi connectivity index (χ4v) is 2.11. The van der Waals surface area contributed by atoms with Gasteiger partial charge >= 0.3 is 23.9 Å². The number of ether oxygens (including phenoxy) is 3. The second-order valence-electron chi connectivity index (χ2n) is 6.80. The average molecular weight is 412 g/mol. The molecule has 29 heavy (non-hydrogen) atoms. The van der Waals surface area contributed by atoms with E-state index in [0.717, 1.165) is 31.8 Å². The number of carbonyl (C=O) groups excluding carboxylic acids is 3. The Morgan fingerprint density at radius 3 is 2.14 bits per heavy atom. The summed E-state index contributed by atoms with van der Waals surface area (Å²) in [5.74, 6) is -5.49. The maximum atomic E-state index is 12.1. The first kappa shape index (κ1) is 26.6. The molecule has 2 unspecified atom stereocenters. The number of esters is 3. The molecule has 0 aromatic rings. The fraction of sp³-hybridized carbons (Fsp3) is 0.571. The van der Waals surface area contributed by atoms with Crippen LogP contribution in [-0.2, 0) is 28.6 Å². The zero-order valence-corrected chi connectivity index (χ0v) is 17.7. The molecule has 0 aromatic heterocycles. The Balaban J connectivity index is 4.89. The van der Waals surface area contributed by atoms with Gasteiger partial charge in [-0.25, -0.2) is 14.4 Å². The Kier molecular flexibility index (Phi) is 11.8. The fourth-order valence-electron chi connectivity index (χ4n) is 2.11. The van der Waals surface area contributed by atoms with Gasteiger partial charge in [-0.2, -0.15) is 0 Å². The third-order valence-electron chi connectivity index (χ3n) is 4.02. The van der Waals surface area contributed by atoms with E-state index in [0.29, 0.717) is 0 Å². The maximum absolute atomic E-state index is 12.1. The Labute approximate surface area is 171 Å². The van der Waals surface area contributed by atoms with Crippen LogP contribution < -0.4 is 0 Å². The molecule has 0 radical (unpaired) electrons. The first-order chi connectivity index (χ1) is 13.5. The first-order valence-electron chi connectivity index (χ1n) is 9.49. The lowest BCUT2D eigenvalue weighted by Gasteiger charge is -2.25. The van der Waals surface area contributed by atoms with Crippen LogP contribution in [0.25, 0.3) is 0 Å². The lowest BCUT2D eigenvalue weighted by molar-refractivity contribution is -0.334. The molecule has 8 heteroatoms. The summed E-state index contributed by atoms with van der Waals surface area (Å²) in [6.45, 7) is 12.7. The molecular formula is C21H32O8. The summed E-state index contributed by atoms with van der Waals surface area (Å²) >= 11 is 0. The topological polar surface area (TPSA) is 119 Å². The smallest absolute Gasteiger partial charge is 0.398 e. The molecule has 0 fully saturated rings. The predicted octanol–water partition coefficient (Wildman–Crippen LogP) is 2.55. The highest BCUT2D eigenvalue weighted by Gasteiger charge is 2.36. The van der Waals surface area contributed by atoms with E-state index in [9.17, 15) is 24.6 Å². The van der Waals surface area contributed by atoms with Gasteiger partial charge in [-0.15, -0.1) is 0 Å². The predicted molar refractivity (Wildman–Crippen MR) is 106 cm³/mol. The summed E-state index contributed by atoms with van der Waals surface area (Å²) in [4.78, 5) is 35.6. The van der Waals surface area contributed by atoms with Gasteiger partial charge < -0.3 is 24.4 Å². The van der Waals surface area contributed by atoms with Crippen LogP contribution in [0.3, 0.4) is 0 Å². The van der Waals surface area contributed by atoms with Crippen molar-refractivity contribution in [3.05, 3.63) is 36.0 Å². The maximum Gasteiger partial charge on any atom is 0.398 e. The van der Waals surface area contributed by atoms with Gasteiger partial charge in [-0.3, -0.25) is 0 Å². The first-order valence-corrected chi connectivity index (χ1v) is 9.49. The normalized spacial score (nSPS) is 14.3. The minimum atomic E-state index is -2.88. The summed E-state index contributed by atoms with van der Waals surface area (Å²) < 4.78 is 14.4. The lowest BCUT2D eigenvalue weighted by atomic mass is 10.0. The van der Waals surface area contributed by atoms with Crippen molar-refractivity contribution < 1.29 is 38.8 Å². The van der Waals surface area contributed by atoms with Crippen LogP contribution in [0.4, 0.5) is 0 Å². The summed E-state index contributed by atoms with van der Waals surface area (Å²) in [6.07, 6.45) is 5.06. The average Bonchev–Trinajstić information content (AvgIpc) is 2.67. The lowest BCUT2D eigenvalue weighted by Crippen LogP contribution is -2.43. The summed E-state index contributed by atoms with van der Waals surface area (Å²) in [5.41, 5.74) is -0.278. The molecule has 0 bridgehead atoms. The minimum Gasteiger partial charge on any atom is -0.462 e. The molecule has 0 saturated carbocycles. The van der Waals surface area contributed by atoms with Crippen molar-refractivity contribution in [2.24, 2.45) is 5.92 Å². The Morgan fingerprint density at radius 2 is 1.66 bits per heavy atom. The zero-order chi connectivity index (χ0) is 22.6. The van der Waals surface area contributed by atoms with Crippen molar-refractivity contribution in [1.82, 2.24) is 0 Å². The van der Waals surface area contributed by atoms with Gasteiger partial charge in [0.15, 0.2) is 0 Å². The van der Waals surface area contributed by atoms with E-state index in [4.69, 9.17) is 4.74 Å². The Morgan fingerprint density at radius 1 is 1.07 bits per heavy atom. The van der Waals surface area contributed by atoms with Crippen LogP contribution >= 0.6 is 0 Å². The van der Waals surface area contributed by atoms with Gasteiger partial charge in [0.1, 0.15) is 6.61 Å². The highest BCUT2D eigenvalue weighted by atomic mass is 16.8. The third kappa shape index (κ3) is 10.0. The van der Waals surface area contributed by atoms with Gasteiger partial charge in [-0.1, -0.05) is 46.3 Å². The van der Waals surface area contributed by atoms with Gasteiger partial charge in [0.05, 0.1) is 12.2 Å². The standard InChI is InChI=1S/C21H32O8/c1-7-9-10-17(8-2)12-27-19(24)15(5)11-16(6)20(25)29-21(26,13-22)28-18(23)14(3)4/h11,17,22,26H,3,5,7-10,12-13H2,1-2,4,6H3/b16-11+. The van der Waals surface area contributed by atoms with Crippen molar-refractivity contribution in [1.29, 1.82) is 0 Å². The number of hydrogen-bond donors (Lipinski definition) is 2. The molecule has 2 N–H and O–H groups in total. The molecule has 0 amide bonds. The highest BCUT2D eigenvalue weighted by molar-refractivity contribution is 5.95. The molecule has 0 aromatic carbocycles. The molecule has 0 rings (SSSR count). The Bertz CT molecular complexity index is 649. The largest absolute Gasteiger partial charge is 0.462 e. The van der Waals surface area contributed by atoms with Crippen LogP contribution in [0, 0.1) is 5.92 Å². The van der Waals surface area contributed by atoms with Crippen molar-refractivity contribution in [2.75, 3.05) is 13.2 Å². The molecule has 0 saturated heterocycles. The van der Waals surface area contributed by atoms with Gasteiger partial charge in [-0.05, 0) is 32.3 Å². The van der Waals surface area contributed by atoms with Crippen LogP contribution in [0.1, 0.15) is 53.4 Å². The number of rotatable bonds is 13. The van der Waals surface area contributed by atoms with Crippen molar-refractivity contribution in [3.8, 4) is 0 Å². The van der Waals surface area contributed by atoms with E-state index in [-0.39, 0.29) is 29.2 Å². The third-order valence-corrected chi connectivity index (χ3v) is 4.02. The summed E-state index contributed by atoms with van der Waals surface area (Å²) in [7, 11) is 0. The molecular weight excluding hydrogens is 380 g/mol. The Hall–Kier alpha value is -2.45. The van der Waals surface area contributed by atoms with Crippen molar-refractivity contribution in [2.45, 2.75) is 59.4 Å². The van der Waals surface area contributed by atoms with E-state index in [1.165, 1.54) is 13.8 Å². The highest BCUT2D eigenvalue weighted by Crippen LogP contribution is 2.16. The van der Waals surface area contributed by atoms with Crippen molar-refractivity contribution >= 4 is 17.9 Å². The van der Waals surface area contributed by atoms with Crippen LogP contribution in [0.15, 0.2) is 36.0 Å². The molecule has 0 aliphatic heterocycles. The van der Waals surface area contributed by atoms with Crippen LogP contribution in [0.5, 0.6) is 0 Å².